The van der Waals surface area contributed by atoms with E-state index in [2.05, 4.69) is 10.3 Å². The Bertz CT molecular complexity index is 870. The number of aromatic nitrogens is 3. The van der Waals surface area contributed by atoms with E-state index in [1.165, 1.54) is 0 Å². The summed E-state index contributed by atoms with van der Waals surface area (Å²) in [6.07, 6.45) is 5.43. The van der Waals surface area contributed by atoms with E-state index in [-0.39, 0.29) is 0 Å². The van der Waals surface area contributed by atoms with Crippen LogP contribution in [0.5, 0.6) is 0 Å². The van der Waals surface area contributed by atoms with Crippen LogP contribution in [0.3, 0.4) is 0 Å². The number of aliphatic hydroxyl groups is 1. The van der Waals surface area contributed by atoms with E-state index in [0.29, 0.717) is 18.1 Å². The number of piperidine rings is 1. The lowest BCUT2D eigenvalue weighted by Gasteiger charge is -2.33. The van der Waals surface area contributed by atoms with Crippen LogP contribution in [-0.2, 0) is 6.54 Å². The summed E-state index contributed by atoms with van der Waals surface area (Å²) >= 11 is 6.03. The molecule has 2 N–H and O–H groups in total. The number of fused-ring (bicyclic) bond motifs is 1. The van der Waals surface area contributed by atoms with Gasteiger partial charge in [-0.3, -0.25) is 0 Å². The van der Waals surface area contributed by atoms with Gasteiger partial charge in [-0.25, -0.2) is 9.97 Å². The molecule has 0 aliphatic carbocycles. The van der Waals surface area contributed by atoms with Gasteiger partial charge in [-0.15, -0.1) is 0 Å². The largest absolute Gasteiger partial charge is 0.387 e. The molecule has 0 amide bonds. The zero-order valence-corrected chi connectivity index (χ0v) is 14.0. The average molecular weight is 343 g/mol. The lowest BCUT2D eigenvalue weighted by atomic mass is 9.94. The SMILES string of the molecule is OC1(Cn2ccnc2-c2ccc3cc(Cl)ccc3n2)CCCNC1. The summed E-state index contributed by atoms with van der Waals surface area (Å²) < 4.78 is 1.98. The van der Waals surface area contributed by atoms with Gasteiger partial charge < -0.3 is 15.0 Å². The van der Waals surface area contributed by atoms with Crippen molar-refractivity contribution in [2.75, 3.05) is 13.1 Å². The summed E-state index contributed by atoms with van der Waals surface area (Å²) in [7, 11) is 0. The first kappa shape index (κ1) is 15.6. The molecule has 3 heterocycles. The maximum atomic E-state index is 10.8. The van der Waals surface area contributed by atoms with E-state index in [9.17, 15) is 5.11 Å². The van der Waals surface area contributed by atoms with Crippen molar-refractivity contribution in [1.82, 2.24) is 19.9 Å². The minimum Gasteiger partial charge on any atom is -0.387 e. The third-order valence-electron chi connectivity index (χ3n) is 4.51. The van der Waals surface area contributed by atoms with Gasteiger partial charge in [0, 0.05) is 29.3 Å². The second-order valence-electron chi connectivity index (χ2n) is 6.42. The maximum absolute atomic E-state index is 10.8. The zero-order chi connectivity index (χ0) is 16.6. The van der Waals surface area contributed by atoms with Gasteiger partial charge in [-0.2, -0.15) is 0 Å². The Morgan fingerprint density at radius 1 is 1.29 bits per heavy atom. The van der Waals surface area contributed by atoms with Crippen LogP contribution in [-0.4, -0.2) is 38.3 Å². The molecule has 1 atom stereocenters. The second kappa shape index (κ2) is 6.16. The number of nitrogens with zero attached hydrogens (tertiary/aromatic N) is 3. The molecule has 0 spiro atoms. The standard InChI is InChI=1S/C18H19ClN4O/c19-14-3-5-15-13(10-14)2-4-16(22-15)17-21-8-9-23(17)12-18(24)6-1-7-20-11-18/h2-5,8-10,20,24H,1,6-7,11-12H2. The third-order valence-corrected chi connectivity index (χ3v) is 4.75. The highest BCUT2D eigenvalue weighted by atomic mass is 35.5. The molecule has 1 aliphatic heterocycles. The van der Waals surface area contributed by atoms with Crippen LogP contribution >= 0.6 is 11.6 Å². The Hall–Kier alpha value is -1.95. The average Bonchev–Trinajstić information content (AvgIpc) is 3.02. The number of pyridine rings is 1. The fraction of sp³-hybridized carbons (Fsp3) is 0.333. The summed E-state index contributed by atoms with van der Waals surface area (Å²) in [4.78, 5) is 9.15. The van der Waals surface area contributed by atoms with Crippen LogP contribution in [0.15, 0.2) is 42.7 Å². The van der Waals surface area contributed by atoms with Crippen molar-refractivity contribution in [2.24, 2.45) is 0 Å². The predicted octanol–water partition coefficient (Wildman–Crippen LogP) is 2.87. The predicted molar refractivity (Wildman–Crippen MR) is 95.0 cm³/mol. The topological polar surface area (TPSA) is 63.0 Å². The summed E-state index contributed by atoms with van der Waals surface area (Å²) in [5.41, 5.74) is 0.935. The zero-order valence-electron chi connectivity index (χ0n) is 13.2. The number of halogens is 1. The molecule has 124 valence electrons. The Balaban J connectivity index is 1.68. The first-order valence-corrected chi connectivity index (χ1v) is 8.52. The number of rotatable bonds is 3. The Labute approximate surface area is 145 Å². The molecule has 2 aromatic heterocycles. The smallest absolute Gasteiger partial charge is 0.158 e. The van der Waals surface area contributed by atoms with Gasteiger partial charge in [0.05, 0.1) is 17.7 Å². The van der Waals surface area contributed by atoms with Crippen molar-refractivity contribution in [3.63, 3.8) is 0 Å². The highest BCUT2D eigenvalue weighted by molar-refractivity contribution is 6.31. The van der Waals surface area contributed by atoms with E-state index in [4.69, 9.17) is 16.6 Å². The first-order chi connectivity index (χ1) is 11.6. The third kappa shape index (κ3) is 3.02. The highest BCUT2D eigenvalue weighted by Crippen LogP contribution is 2.25. The molecule has 6 heteroatoms. The molecule has 5 nitrogen and oxygen atoms in total. The van der Waals surface area contributed by atoms with Crippen LogP contribution in [0.25, 0.3) is 22.4 Å². The molecule has 0 bridgehead atoms. The van der Waals surface area contributed by atoms with E-state index in [1.807, 2.05) is 41.1 Å². The number of nitrogens with one attached hydrogen (secondary N) is 1. The fourth-order valence-corrected chi connectivity index (χ4v) is 3.48. The lowest BCUT2D eigenvalue weighted by molar-refractivity contribution is 0.00105. The molecule has 4 rings (SSSR count). The molecular formula is C18H19ClN4O. The number of benzene rings is 1. The van der Waals surface area contributed by atoms with Crippen LogP contribution in [0.1, 0.15) is 12.8 Å². The number of hydrogen-bond acceptors (Lipinski definition) is 4. The maximum Gasteiger partial charge on any atom is 0.158 e. The van der Waals surface area contributed by atoms with Gasteiger partial charge in [0.2, 0.25) is 0 Å². The molecule has 0 saturated carbocycles. The van der Waals surface area contributed by atoms with Crippen molar-refractivity contribution in [1.29, 1.82) is 0 Å². The molecule has 24 heavy (non-hydrogen) atoms. The summed E-state index contributed by atoms with van der Waals surface area (Å²) in [5, 5.41) is 15.7. The van der Waals surface area contributed by atoms with Crippen molar-refractivity contribution in [2.45, 2.75) is 25.0 Å². The Morgan fingerprint density at radius 2 is 2.21 bits per heavy atom. The minimum atomic E-state index is -0.738. The summed E-state index contributed by atoms with van der Waals surface area (Å²) in [6.45, 7) is 2.08. The van der Waals surface area contributed by atoms with Gasteiger partial charge in [0.1, 0.15) is 5.69 Å². The first-order valence-electron chi connectivity index (χ1n) is 8.14. The molecule has 3 aromatic rings. The van der Waals surface area contributed by atoms with Gasteiger partial charge in [0.25, 0.3) is 0 Å². The summed E-state index contributed by atoms with van der Waals surface area (Å²) in [5.74, 6) is 0.769. The highest BCUT2D eigenvalue weighted by Gasteiger charge is 2.30. The van der Waals surface area contributed by atoms with E-state index >= 15 is 0 Å². The van der Waals surface area contributed by atoms with E-state index in [1.54, 1.807) is 6.20 Å². The van der Waals surface area contributed by atoms with Crippen LogP contribution in [0.4, 0.5) is 0 Å². The molecule has 1 unspecified atom stereocenters. The van der Waals surface area contributed by atoms with E-state index in [0.717, 1.165) is 41.8 Å². The molecule has 0 radical (unpaired) electrons. The van der Waals surface area contributed by atoms with Gasteiger partial charge >= 0.3 is 0 Å². The van der Waals surface area contributed by atoms with Gasteiger partial charge in [-0.05, 0) is 43.7 Å². The second-order valence-corrected chi connectivity index (χ2v) is 6.85. The van der Waals surface area contributed by atoms with Gasteiger partial charge in [0.15, 0.2) is 5.82 Å². The van der Waals surface area contributed by atoms with Crippen molar-refractivity contribution < 1.29 is 5.11 Å². The monoisotopic (exact) mass is 342 g/mol. The molecule has 1 aromatic carbocycles. The number of imidazole rings is 1. The van der Waals surface area contributed by atoms with Gasteiger partial charge in [-0.1, -0.05) is 17.7 Å². The van der Waals surface area contributed by atoms with Crippen LogP contribution in [0, 0.1) is 0 Å². The molecule has 1 fully saturated rings. The molecular weight excluding hydrogens is 324 g/mol. The van der Waals surface area contributed by atoms with E-state index < -0.39 is 5.60 Å². The van der Waals surface area contributed by atoms with Crippen LogP contribution < -0.4 is 5.32 Å². The summed E-state index contributed by atoms with van der Waals surface area (Å²) in [6, 6.07) is 9.59. The van der Waals surface area contributed by atoms with Crippen molar-refractivity contribution >= 4 is 22.5 Å². The Morgan fingerprint density at radius 3 is 3.04 bits per heavy atom. The fourth-order valence-electron chi connectivity index (χ4n) is 3.29. The quantitative estimate of drug-likeness (QED) is 0.768. The van der Waals surface area contributed by atoms with Crippen molar-refractivity contribution in [3.8, 4) is 11.5 Å². The lowest BCUT2D eigenvalue weighted by Crippen LogP contribution is -2.48. The number of β-amino-alcohol motifs (C(OH)–C–C–N with tert-alkyl or cyclic N) is 1. The normalized spacial score (nSPS) is 21.2. The molecule has 1 saturated heterocycles. The minimum absolute atomic E-state index is 0.510. The Kier molecular flexibility index (Phi) is 4.00. The molecule has 1 aliphatic rings. The van der Waals surface area contributed by atoms with Crippen LogP contribution in [0.2, 0.25) is 5.02 Å². The van der Waals surface area contributed by atoms with Crippen molar-refractivity contribution in [3.05, 3.63) is 47.7 Å². The number of hydrogen-bond donors (Lipinski definition) is 2.